The van der Waals surface area contributed by atoms with Crippen molar-refractivity contribution in [1.29, 1.82) is 0 Å². The van der Waals surface area contributed by atoms with Gasteiger partial charge >= 0.3 is 0 Å². The maximum absolute atomic E-state index is 3.58. The van der Waals surface area contributed by atoms with Crippen molar-refractivity contribution in [1.82, 2.24) is 5.32 Å². The molecule has 1 rings (SSSR count). The maximum Gasteiger partial charge on any atom is 0.00843 e. The van der Waals surface area contributed by atoms with Crippen LogP contribution >= 0.6 is 0 Å². The normalized spacial score (nSPS) is 31.8. The molecule has 10 heavy (non-hydrogen) atoms. The average molecular weight is 141 g/mol. The Morgan fingerprint density at radius 3 is 1.80 bits per heavy atom. The molecule has 0 aromatic carbocycles. The van der Waals surface area contributed by atoms with Gasteiger partial charge in [-0.2, -0.15) is 0 Å². The molecule has 0 amide bonds. The van der Waals surface area contributed by atoms with Gasteiger partial charge < -0.3 is 5.32 Å². The van der Waals surface area contributed by atoms with Crippen molar-refractivity contribution in [3.05, 3.63) is 0 Å². The molecule has 1 aliphatic rings. The zero-order valence-corrected chi connectivity index (χ0v) is 7.19. The molecule has 1 heterocycles. The minimum Gasteiger partial charge on any atom is -0.311 e. The molecule has 0 aliphatic carbocycles. The van der Waals surface area contributed by atoms with Crippen LogP contribution in [0.25, 0.3) is 0 Å². The molecule has 1 N–H and O–H groups in total. The second kappa shape index (κ2) is 3.97. The summed E-state index contributed by atoms with van der Waals surface area (Å²) in [6.07, 6.45) is 6.84. The Kier molecular flexibility index (Phi) is 3.20. The van der Waals surface area contributed by atoms with Crippen LogP contribution < -0.4 is 5.32 Å². The second-order valence-electron chi connectivity index (χ2n) is 3.37. The third-order valence-corrected chi connectivity index (χ3v) is 2.31. The molecule has 1 fully saturated rings. The van der Waals surface area contributed by atoms with Crippen LogP contribution in [0.5, 0.6) is 0 Å². The van der Waals surface area contributed by atoms with Crippen molar-refractivity contribution in [2.45, 2.75) is 58.0 Å². The van der Waals surface area contributed by atoms with E-state index in [1.165, 1.54) is 32.1 Å². The monoisotopic (exact) mass is 141 g/mol. The van der Waals surface area contributed by atoms with E-state index in [2.05, 4.69) is 19.2 Å². The van der Waals surface area contributed by atoms with E-state index in [9.17, 15) is 0 Å². The lowest BCUT2D eigenvalue weighted by atomic mass is 9.91. The first-order chi connectivity index (χ1) is 4.86. The van der Waals surface area contributed by atoms with Crippen LogP contribution in [0.2, 0.25) is 0 Å². The second-order valence-corrected chi connectivity index (χ2v) is 3.37. The first kappa shape index (κ1) is 8.06. The Labute approximate surface area is 64.2 Å². The van der Waals surface area contributed by atoms with Gasteiger partial charge in [0.05, 0.1) is 0 Å². The predicted octanol–water partition coefficient (Wildman–Crippen LogP) is 2.32. The smallest absolute Gasteiger partial charge is 0.00843 e. The van der Waals surface area contributed by atoms with E-state index in [1.54, 1.807) is 0 Å². The molecular weight excluding hydrogens is 122 g/mol. The highest BCUT2D eigenvalue weighted by molar-refractivity contribution is 4.87. The Hall–Kier alpha value is -0.0400. The Morgan fingerprint density at radius 1 is 1.10 bits per heavy atom. The Balaban J connectivity index is 1.95. The van der Waals surface area contributed by atoms with E-state index in [1.807, 2.05) is 0 Å². The van der Waals surface area contributed by atoms with Crippen LogP contribution in [0.4, 0.5) is 0 Å². The van der Waals surface area contributed by atoms with Gasteiger partial charge in [-0.25, -0.2) is 0 Å². The van der Waals surface area contributed by atoms with E-state index in [0.29, 0.717) is 0 Å². The SMILES string of the molecule is CCC[C@@H]1C[C@@H](CCC)N1. The van der Waals surface area contributed by atoms with Crippen molar-refractivity contribution < 1.29 is 0 Å². The number of hydrogen-bond donors (Lipinski definition) is 1. The van der Waals surface area contributed by atoms with Crippen LogP contribution in [0.15, 0.2) is 0 Å². The molecule has 2 atom stereocenters. The van der Waals surface area contributed by atoms with Crippen LogP contribution in [-0.2, 0) is 0 Å². The summed E-state index contributed by atoms with van der Waals surface area (Å²) in [6.45, 7) is 4.52. The molecule has 0 aromatic rings. The van der Waals surface area contributed by atoms with Gasteiger partial charge in [-0.3, -0.25) is 0 Å². The van der Waals surface area contributed by atoms with Gasteiger partial charge in [0.25, 0.3) is 0 Å². The van der Waals surface area contributed by atoms with Crippen LogP contribution in [0.1, 0.15) is 46.0 Å². The average Bonchev–Trinajstić information content (AvgIpc) is 1.84. The third-order valence-electron chi connectivity index (χ3n) is 2.31. The summed E-state index contributed by atoms with van der Waals surface area (Å²) in [5, 5.41) is 3.58. The van der Waals surface area contributed by atoms with Crippen molar-refractivity contribution in [2.24, 2.45) is 0 Å². The topological polar surface area (TPSA) is 12.0 Å². The summed E-state index contributed by atoms with van der Waals surface area (Å²) in [6, 6.07) is 1.73. The van der Waals surface area contributed by atoms with Gasteiger partial charge in [0.15, 0.2) is 0 Å². The van der Waals surface area contributed by atoms with Crippen LogP contribution in [0.3, 0.4) is 0 Å². The highest BCUT2D eigenvalue weighted by Gasteiger charge is 2.25. The fraction of sp³-hybridized carbons (Fsp3) is 1.00. The zero-order chi connectivity index (χ0) is 7.40. The predicted molar refractivity (Wildman–Crippen MR) is 45.1 cm³/mol. The number of rotatable bonds is 4. The molecule has 1 heteroatoms. The summed E-state index contributed by atoms with van der Waals surface area (Å²) in [4.78, 5) is 0. The van der Waals surface area contributed by atoms with Crippen molar-refractivity contribution in [3.63, 3.8) is 0 Å². The Morgan fingerprint density at radius 2 is 1.50 bits per heavy atom. The molecule has 0 bridgehead atoms. The van der Waals surface area contributed by atoms with E-state index in [4.69, 9.17) is 0 Å². The lowest BCUT2D eigenvalue weighted by molar-refractivity contribution is 0.237. The molecule has 0 radical (unpaired) electrons. The molecular formula is C9H19N. The number of nitrogens with one attached hydrogen (secondary N) is 1. The molecule has 0 spiro atoms. The molecule has 60 valence electrons. The van der Waals surface area contributed by atoms with Crippen molar-refractivity contribution in [3.8, 4) is 0 Å². The fourth-order valence-electron chi connectivity index (χ4n) is 1.75. The molecule has 0 unspecified atom stereocenters. The van der Waals surface area contributed by atoms with Gasteiger partial charge in [-0.1, -0.05) is 26.7 Å². The van der Waals surface area contributed by atoms with E-state index < -0.39 is 0 Å². The summed E-state index contributed by atoms with van der Waals surface area (Å²) >= 11 is 0. The standard InChI is InChI=1S/C9H19N/c1-3-5-8-7-9(10-8)6-4-2/h8-10H,3-7H2,1-2H3/t8-,9-/m1/s1. The van der Waals surface area contributed by atoms with E-state index in [-0.39, 0.29) is 0 Å². The van der Waals surface area contributed by atoms with Gasteiger partial charge in [-0.15, -0.1) is 0 Å². The van der Waals surface area contributed by atoms with Crippen LogP contribution in [-0.4, -0.2) is 12.1 Å². The van der Waals surface area contributed by atoms with Gasteiger partial charge in [-0.05, 0) is 19.3 Å². The van der Waals surface area contributed by atoms with Crippen molar-refractivity contribution in [2.75, 3.05) is 0 Å². The lowest BCUT2D eigenvalue weighted by Gasteiger charge is -2.37. The quantitative estimate of drug-likeness (QED) is 0.633. The summed E-state index contributed by atoms with van der Waals surface area (Å²) < 4.78 is 0. The van der Waals surface area contributed by atoms with E-state index in [0.717, 1.165) is 12.1 Å². The van der Waals surface area contributed by atoms with Crippen LogP contribution in [0, 0.1) is 0 Å². The first-order valence-corrected chi connectivity index (χ1v) is 4.62. The molecule has 0 saturated carbocycles. The maximum atomic E-state index is 3.58. The fourth-order valence-corrected chi connectivity index (χ4v) is 1.75. The van der Waals surface area contributed by atoms with Crippen molar-refractivity contribution >= 4 is 0 Å². The van der Waals surface area contributed by atoms with Gasteiger partial charge in [0.2, 0.25) is 0 Å². The molecule has 0 aromatic heterocycles. The molecule has 1 saturated heterocycles. The van der Waals surface area contributed by atoms with E-state index >= 15 is 0 Å². The van der Waals surface area contributed by atoms with Gasteiger partial charge in [0, 0.05) is 12.1 Å². The highest BCUT2D eigenvalue weighted by Crippen LogP contribution is 2.19. The Bertz CT molecular complexity index is 74.7. The molecule has 1 aliphatic heterocycles. The lowest BCUT2D eigenvalue weighted by Crippen LogP contribution is -2.51. The first-order valence-electron chi connectivity index (χ1n) is 4.62. The summed E-state index contributed by atoms with van der Waals surface area (Å²) in [5.41, 5.74) is 0. The minimum absolute atomic E-state index is 0.863. The minimum atomic E-state index is 0.863. The zero-order valence-electron chi connectivity index (χ0n) is 7.19. The highest BCUT2D eigenvalue weighted by atomic mass is 15.0. The largest absolute Gasteiger partial charge is 0.311 e. The number of hydrogen-bond acceptors (Lipinski definition) is 1. The third kappa shape index (κ3) is 1.98. The summed E-state index contributed by atoms with van der Waals surface area (Å²) in [7, 11) is 0. The summed E-state index contributed by atoms with van der Waals surface area (Å²) in [5.74, 6) is 0. The molecule has 1 nitrogen and oxygen atoms in total. The van der Waals surface area contributed by atoms with Gasteiger partial charge in [0.1, 0.15) is 0 Å².